The van der Waals surface area contributed by atoms with Crippen LogP contribution in [0.25, 0.3) is 0 Å². The molecule has 60 valence electrons. The molecule has 0 aliphatic heterocycles. The smallest absolute Gasteiger partial charge is 1.00 e. The first-order chi connectivity index (χ1) is 5.29. The van der Waals surface area contributed by atoms with Gasteiger partial charge in [-0.2, -0.15) is 0 Å². The fourth-order valence-electron chi connectivity index (χ4n) is 0.716. The maximum Gasteiger partial charge on any atom is 1.00 e. The quantitative estimate of drug-likeness (QED) is 0.531. The molecular formula is C7H8AsKO3. The van der Waals surface area contributed by atoms with Crippen LogP contribution in [-0.2, 0) is 14.1 Å². The van der Waals surface area contributed by atoms with Crippen molar-refractivity contribution in [1.29, 1.82) is 0 Å². The molecule has 12 heavy (non-hydrogen) atoms. The molecule has 0 radical (unpaired) electrons. The van der Waals surface area contributed by atoms with E-state index in [1.54, 1.807) is 0 Å². The molecule has 1 aromatic carbocycles. The van der Waals surface area contributed by atoms with E-state index in [9.17, 15) is 7.84 Å². The molecule has 1 atom stereocenters. The normalized spacial score (nSPS) is 11.8. The average molecular weight is 254 g/mol. The summed E-state index contributed by atoms with van der Waals surface area (Å²) in [5, 5.41) is 0. The van der Waals surface area contributed by atoms with Crippen molar-refractivity contribution in [2.45, 2.75) is 6.61 Å². The van der Waals surface area contributed by atoms with Gasteiger partial charge in [-0.15, -0.1) is 0 Å². The van der Waals surface area contributed by atoms with E-state index in [2.05, 4.69) is 3.73 Å². The van der Waals surface area contributed by atoms with Gasteiger partial charge in [-0.1, -0.05) is 0 Å². The summed E-state index contributed by atoms with van der Waals surface area (Å²) in [6.45, 7) is 0.170. The SMILES string of the molecule is O=[AsH]([O-])OCc1ccccc1.[K+]. The Morgan fingerprint density at radius 2 is 1.92 bits per heavy atom. The molecule has 1 unspecified atom stereocenters. The average Bonchev–Trinajstić information content (AvgIpc) is 2.03. The van der Waals surface area contributed by atoms with E-state index in [1.807, 2.05) is 30.3 Å². The first kappa shape index (κ1) is 13.1. The zero-order valence-corrected chi connectivity index (χ0v) is 12.0. The maximum atomic E-state index is 10.1. The molecule has 0 saturated heterocycles. The Balaban J connectivity index is 0.00000121. The van der Waals surface area contributed by atoms with Crippen molar-refractivity contribution in [2.75, 3.05) is 0 Å². The van der Waals surface area contributed by atoms with E-state index in [1.165, 1.54) is 0 Å². The molecule has 0 saturated carbocycles. The third kappa shape index (κ3) is 5.72. The fourth-order valence-corrected chi connectivity index (χ4v) is 1.31. The molecule has 1 rings (SSSR count). The maximum absolute atomic E-state index is 10.1. The summed E-state index contributed by atoms with van der Waals surface area (Å²) in [5.41, 5.74) is 0.879. The van der Waals surface area contributed by atoms with Crippen LogP contribution in [-0.4, -0.2) is 15.3 Å². The second-order valence-corrected chi connectivity index (χ2v) is 3.68. The molecule has 3 nitrogen and oxygen atoms in total. The number of benzene rings is 1. The van der Waals surface area contributed by atoms with Gasteiger partial charge < -0.3 is 0 Å². The Morgan fingerprint density at radius 3 is 2.42 bits per heavy atom. The number of hydrogen-bond donors (Lipinski definition) is 0. The van der Waals surface area contributed by atoms with Crippen LogP contribution >= 0.6 is 0 Å². The van der Waals surface area contributed by atoms with Crippen LogP contribution in [0, 0.1) is 0 Å². The molecular weight excluding hydrogens is 246 g/mol. The summed E-state index contributed by atoms with van der Waals surface area (Å²) in [7, 11) is 0. The Labute approximate surface area is 119 Å². The van der Waals surface area contributed by atoms with Crippen LogP contribution in [0.15, 0.2) is 30.3 Å². The van der Waals surface area contributed by atoms with Gasteiger partial charge in [0.05, 0.1) is 0 Å². The van der Waals surface area contributed by atoms with Gasteiger partial charge in [0, 0.05) is 0 Å². The Morgan fingerprint density at radius 1 is 1.33 bits per heavy atom. The molecule has 0 fully saturated rings. The summed E-state index contributed by atoms with van der Waals surface area (Å²) in [6.07, 6.45) is 0. The predicted molar refractivity (Wildman–Crippen MR) is 39.1 cm³/mol. The molecule has 0 spiro atoms. The largest absolute Gasteiger partial charge is 1.00 e. The molecule has 0 aliphatic carbocycles. The second-order valence-electron chi connectivity index (χ2n) is 2.02. The summed E-state index contributed by atoms with van der Waals surface area (Å²) < 4.78 is 24.7. The summed E-state index contributed by atoms with van der Waals surface area (Å²) >= 11 is -3.57. The van der Waals surface area contributed by atoms with Crippen molar-refractivity contribution >= 4 is 15.3 Å². The van der Waals surface area contributed by atoms with Gasteiger partial charge in [0.15, 0.2) is 0 Å². The number of hydrogen-bond acceptors (Lipinski definition) is 3. The zero-order chi connectivity index (χ0) is 8.10. The monoisotopic (exact) mass is 254 g/mol. The molecule has 5 heteroatoms. The van der Waals surface area contributed by atoms with E-state index in [-0.39, 0.29) is 58.0 Å². The topological polar surface area (TPSA) is 49.4 Å². The van der Waals surface area contributed by atoms with E-state index in [0.717, 1.165) is 5.56 Å². The minimum atomic E-state index is -3.57. The summed E-state index contributed by atoms with van der Waals surface area (Å²) in [5.74, 6) is 0. The Bertz CT molecular complexity index is 240. The minimum absolute atomic E-state index is 0. The fraction of sp³-hybridized carbons (Fsp3) is 0.143. The van der Waals surface area contributed by atoms with E-state index < -0.39 is 15.3 Å². The van der Waals surface area contributed by atoms with E-state index in [4.69, 9.17) is 0 Å². The van der Waals surface area contributed by atoms with Gasteiger partial charge in [-0.25, -0.2) is 0 Å². The molecule has 0 aromatic heterocycles. The van der Waals surface area contributed by atoms with Crippen LogP contribution in [0.2, 0.25) is 0 Å². The Kier molecular flexibility index (Phi) is 8.24. The van der Waals surface area contributed by atoms with Gasteiger partial charge in [-0.05, 0) is 0 Å². The van der Waals surface area contributed by atoms with Gasteiger partial charge in [0.2, 0.25) is 0 Å². The zero-order valence-electron chi connectivity index (χ0n) is 6.82. The second kappa shape index (κ2) is 7.53. The van der Waals surface area contributed by atoms with Gasteiger partial charge >= 0.3 is 121 Å². The summed E-state index contributed by atoms with van der Waals surface area (Å²) in [6, 6.07) is 9.19. The van der Waals surface area contributed by atoms with Crippen molar-refractivity contribution in [3.8, 4) is 0 Å². The Hall–Kier alpha value is 1.13. The van der Waals surface area contributed by atoms with Crippen molar-refractivity contribution in [3.63, 3.8) is 0 Å². The van der Waals surface area contributed by atoms with Crippen LogP contribution < -0.4 is 55.5 Å². The van der Waals surface area contributed by atoms with Crippen molar-refractivity contribution in [2.24, 2.45) is 0 Å². The first-order valence-electron chi connectivity index (χ1n) is 3.17. The van der Waals surface area contributed by atoms with Gasteiger partial charge in [0.1, 0.15) is 0 Å². The minimum Gasteiger partial charge on any atom is 1.00 e. The van der Waals surface area contributed by atoms with Crippen LogP contribution in [0.4, 0.5) is 0 Å². The summed E-state index contributed by atoms with van der Waals surface area (Å²) in [4.78, 5) is 0. The van der Waals surface area contributed by atoms with Crippen LogP contribution in [0.3, 0.4) is 0 Å². The van der Waals surface area contributed by atoms with Crippen LogP contribution in [0.5, 0.6) is 0 Å². The molecule has 0 aliphatic rings. The van der Waals surface area contributed by atoms with Gasteiger partial charge in [-0.3, -0.25) is 0 Å². The molecule has 0 N–H and O–H groups in total. The standard InChI is InChI=1S/C7H9AsO3.K/c9-8(10)11-6-7-4-2-1-3-5-7;/h1-5,8H,6H2,(H,9,10);/q;+1/p-1. The third-order valence-corrected chi connectivity index (χ3v) is 2.00. The van der Waals surface area contributed by atoms with Crippen LogP contribution in [0.1, 0.15) is 5.56 Å². The predicted octanol–water partition coefficient (Wildman–Crippen LogP) is -3.28. The van der Waals surface area contributed by atoms with Crippen molar-refractivity contribution in [1.82, 2.24) is 0 Å². The number of rotatable bonds is 3. The molecule has 0 bridgehead atoms. The van der Waals surface area contributed by atoms with Gasteiger partial charge in [0.25, 0.3) is 0 Å². The molecule has 1 aromatic rings. The first-order valence-corrected chi connectivity index (χ1v) is 5.73. The molecule has 0 amide bonds. The van der Waals surface area contributed by atoms with E-state index in [0.29, 0.717) is 0 Å². The van der Waals surface area contributed by atoms with E-state index >= 15 is 0 Å². The molecule has 0 heterocycles. The van der Waals surface area contributed by atoms with Crippen molar-refractivity contribution < 1.29 is 62.9 Å². The third-order valence-electron chi connectivity index (χ3n) is 1.20. The van der Waals surface area contributed by atoms with Crippen molar-refractivity contribution in [3.05, 3.63) is 35.9 Å².